The summed E-state index contributed by atoms with van der Waals surface area (Å²) in [6.45, 7) is 2.59. The van der Waals surface area contributed by atoms with Crippen LogP contribution in [-0.2, 0) is 4.79 Å². The lowest BCUT2D eigenvalue weighted by molar-refractivity contribution is -0.126. The summed E-state index contributed by atoms with van der Waals surface area (Å²) >= 11 is 1.18. The van der Waals surface area contributed by atoms with Crippen molar-refractivity contribution in [3.8, 4) is 0 Å². The van der Waals surface area contributed by atoms with Crippen LogP contribution in [0.3, 0.4) is 0 Å². The molecule has 1 aliphatic rings. The van der Waals surface area contributed by atoms with Crippen LogP contribution >= 0.6 is 11.8 Å². The van der Waals surface area contributed by atoms with Gasteiger partial charge in [0.15, 0.2) is 0 Å². The molecule has 0 aliphatic heterocycles. The van der Waals surface area contributed by atoms with E-state index in [2.05, 4.69) is 11.1 Å². The second-order valence-corrected chi connectivity index (χ2v) is 5.64. The van der Waals surface area contributed by atoms with E-state index in [9.17, 15) is 9.59 Å². The van der Waals surface area contributed by atoms with Crippen molar-refractivity contribution >= 4 is 23.6 Å². The highest BCUT2D eigenvalue weighted by Crippen LogP contribution is 2.24. The van der Waals surface area contributed by atoms with Crippen LogP contribution in [0, 0.1) is 0 Å². The molecule has 0 unspecified atom stereocenters. The summed E-state index contributed by atoms with van der Waals surface area (Å²) in [6.07, 6.45) is 6.70. The minimum Gasteiger partial charge on any atom is -0.478 e. The lowest BCUT2D eigenvalue weighted by Gasteiger charge is -2.22. The summed E-state index contributed by atoms with van der Waals surface area (Å²) < 4.78 is 0. The van der Waals surface area contributed by atoms with Gasteiger partial charge in [0.1, 0.15) is 5.03 Å². The third kappa shape index (κ3) is 3.85. The molecule has 1 amide bonds. The quantitative estimate of drug-likeness (QED) is 0.818. The third-order valence-corrected chi connectivity index (χ3v) is 4.30. The molecule has 5 nitrogen and oxygen atoms in total. The maximum atomic E-state index is 12.3. The van der Waals surface area contributed by atoms with E-state index in [1.807, 2.05) is 6.92 Å². The molecule has 21 heavy (non-hydrogen) atoms. The number of carbonyl (C=O) groups is 2. The summed E-state index contributed by atoms with van der Waals surface area (Å²) in [4.78, 5) is 29.2. The van der Waals surface area contributed by atoms with Gasteiger partial charge in [0.05, 0.1) is 11.3 Å². The van der Waals surface area contributed by atoms with E-state index in [0.717, 1.165) is 25.0 Å². The summed E-state index contributed by atoms with van der Waals surface area (Å²) in [6, 6.07) is 3.08. The number of allylic oxidation sites excluding steroid dienone is 2. The number of carboxylic acid groups (broad SMARTS) is 1. The molecule has 0 bridgehead atoms. The van der Waals surface area contributed by atoms with E-state index in [1.54, 1.807) is 11.0 Å². The van der Waals surface area contributed by atoms with Crippen molar-refractivity contribution in [1.82, 2.24) is 9.88 Å². The third-order valence-electron chi connectivity index (χ3n) is 3.31. The van der Waals surface area contributed by atoms with Crippen molar-refractivity contribution in [2.75, 3.05) is 12.3 Å². The molecule has 112 valence electrons. The van der Waals surface area contributed by atoms with Crippen molar-refractivity contribution < 1.29 is 14.7 Å². The highest BCUT2D eigenvalue weighted by Gasteiger charge is 2.20. The fourth-order valence-electron chi connectivity index (χ4n) is 2.32. The Morgan fingerprint density at radius 3 is 2.90 bits per heavy atom. The minimum absolute atomic E-state index is 0.00218. The summed E-state index contributed by atoms with van der Waals surface area (Å²) in [5.41, 5.74) is 1.22. The molecule has 1 heterocycles. The number of aromatic carboxylic acids is 1. The average molecular weight is 306 g/mol. The van der Waals surface area contributed by atoms with Crippen molar-refractivity contribution in [2.45, 2.75) is 31.2 Å². The smallest absolute Gasteiger partial charge is 0.338 e. The molecular weight excluding hydrogens is 288 g/mol. The van der Waals surface area contributed by atoms with Crippen molar-refractivity contribution in [3.63, 3.8) is 0 Å². The van der Waals surface area contributed by atoms with Gasteiger partial charge in [-0.05, 0) is 38.3 Å². The molecule has 1 N–H and O–H groups in total. The standard InChI is InChI=1S/C15H18N2O3S/c1-2-17(11-6-3-4-7-11)13(18)10-21-14-12(15(19)20)8-5-9-16-14/h5-6,8-9H,2-4,7,10H2,1H3,(H,19,20). The maximum absolute atomic E-state index is 12.3. The fraction of sp³-hybridized carbons (Fsp3) is 0.400. The fourth-order valence-corrected chi connectivity index (χ4v) is 3.18. The van der Waals surface area contributed by atoms with E-state index >= 15 is 0 Å². The second-order valence-electron chi connectivity index (χ2n) is 4.68. The maximum Gasteiger partial charge on any atom is 0.338 e. The second kappa shape index (κ2) is 7.26. The number of amides is 1. The highest BCUT2D eigenvalue weighted by molar-refractivity contribution is 8.00. The number of carbonyl (C=O) groups excluding carboxylic acids is 1. The van der Waals surface area contributed by atoms with Gasteiger partial charge in [-0.15, -0.1) is 0 Å². The van der Waals surface area contributed by atoms with Gasteiger partial charge in [-0.1, -0.05) is 17.8 Å². The molecular formula is C15H18N2O3S. The number of rotatable bonds is 6. The van der Waals surface area contributed by atoms with Crippen LogP contribution in [0.25, 0.3) is 0 Å². The number of pyridine rings is 1. The first-order valence-corrected chi connectivity index (χ1v) is 7.92. The zero-order chi connectivity index (χ0) is 15.2. The monoisotopic (exact) mass is 306 g/mol. The Labute approximate surface area is 128 Å². The zero-order valence-corrected chi connectivity index (χ0v) is 12.7. The van der Waals surface area contributed by atoms with Crippen molar-refractivity contribution in [3.05, 3.63) is 35.7 Å². The molecule has 0 spiro atoms. The van der Waals surface area contributed by atoms with Crippen molar-refractivity contribution in [2.24, 2.45) is 0 Å². The summed E-state index contributed by atoms with van der Waals surface area (Å²) in [5, 5.41) is 9.49. The van der Waals surface area contributed by atoms with Gasteiger partial charge in [0, 0.05) is 18.4 Å². The molecule has 0 saturated heterocycles. The lowest BCUT2D eigenvalue weighted by atomic mass is 10.3. The van der Waals surface area contributed by atoms with E-state index in [1.165, 1.54) is 24.0 Å². The Hall–Kier alpha value is -1.82. The Bertz CT molecular complexity index is 572. The number of carboxylic acids is 1. The lowest BCUT2D eigenvalue weighted by Crippen LogP contribution is -2.31. The average Bonchev–Trinajstić information content (AvgIpc) is 3.00. The zero-order valence-electron chi connectivity index (χ0n) is 11.9. The van der Waals surface area contributed by atoms with Crippen LogP contribution in [-0.4, -0.2) is 39.2 Å². The number of nitrogens with zero attached hydrogens (tertiary/aromatic N) is 2. The Balaban J connectivity index is 2.02. The molecule has 6 heteroatoms. The van der Waals surface area contributed by atoms with Crippen molar-refractivity contribution in [1.29, 1.82) is 0 Å². The normalized spacial score (nSPS) is 13.9. The molecule has 0 atom stereocenters. The Morgan fingerprint density at radius 2 is 2.29 bits per heavy atom. The molecule has 0 aromatic carbocycles. The van der Waals surface area contributed by atoms with Gasteiger partial charge in [0.25, 0.3) is 0 Å². The topological polar surface area (TPSA) is 70.5 Å². The van der Waals surface area contributed by atoms with Gasteiger partial charge in [-0.25, -0.2) is 9.78 Å². The first kappa shape index (κ1) is 15.6. The van der Waals surface area contributed by atoms with Gasteiger partial charge in [-0.3, -0.25) is 4.79 Å². The predicted molar refractivity (Wildman–Crippen MR) is 81.2 cm³/mol. The van der Waals surface area contributed by atoms with Gasteiger partial charge < -0.3 is 10.0 Å². The van der Waals surface area contributed by atoms with E-state index in [-0.39, 0.29) is 17.2 Å². The minimum atomic E-state index is -1.02. The number of hydrogen-bond donors (Lipinski definition) is 1. The molecule has 1 aromatic rings. The largest absolute Gasteiger partial charge is 0.478 e. The molecule has 2 rings (SSSR count). The van der Waals surface area contributed by atoms with E-state index in [4.69, 9.17) is 5.11 Å². The van der Waals surface area contributed by atoms with Crippen LogP contribution < -0.4 is 0 Å². The van der Waals surface area contributed by atoms with Crippen LogP contribution in [0.15, 0.2) is 35.1 Å². The Morgan fingerprint density at radius 1 is 1.48 bits per heavy atom. The SMILES string of the molecule is CCN(C(=O)CSc1ncccc1C(=O)O)C1=CCCC1. The van der Waals surface area contributed by atoms with Gasteiger partial charge >= 0.3 is 5.97 Å². The van der Waals surface area contributed by atoms with Crippen LogP contribution in [0.5, 0.6) is 0 Å². The van der Waals surface area contributed by atoms with Crippen LogP contribution in [0.2, 0.25) is 0 Å². The first-order valence-electron chi connectivity index (χ1n) is 6.94. The molecule has 1 aromatic heterocycles. The summed E-state index contributed by atoms with van der Waals surface area (Å²) in [5.74, 6) is -0.829. The molecule has 1 aliphatic carbocycles. The summed E-state index contributed by atoms with van der Waals surface area (Å²) in [7, 11) is 0. The predicted octanol–water partition coefficient (Wildman–Crippen LogP) is 2.79. The molecule has 0 fully saturated rings. The molecule has 0 saturated carbocycles. The van der Waals surface area contributed by atoms with E-state index in [0.29, 0.717) is 11.6 Å². The van der Waals surface area contributed by atoms with Gasteiger partial charge in [-0.2, -0.15) is 0 Å². The first-order chi connectivity index (χ1) is 10.1. The van der Waals surface area contributed by atoms with Crippen LogP contribution in [0.1, 0.15) is 36.5 Å². The molecule has 0 radical (unpaired) electrons. The number of aromatic nitrogens is 1. The van der Waals surface area contributed by atoms with E-state index < -0.39 is 5.97 Å². The number of thioether (sulfide) groups is 1. The van der Waals surface area contributed by atoms with Crippen LogP contribution in [0.4, 0.5) is 0 Å². The highest BCUT2D eigenvalue weighted by atomic mass is 32.2. The Kier molecular flexibility index (Phi) is 5.38. The van der Waals surface area contributed by atoms with Gasteiger partial charge in [0.2, 0.25) is 5.91 Å². The number of hydrogen-bond acceptors (Lipinski definition) is 4.